The highest BCUT2D eigenvalue weighted by atomic mass is 16.6. The molecule has 0 spiro atoms. The molecule has 5 nitrogen and oxygen atoms in total. The van der Waals surface area contributed by atoms with Crippen LogP contribution in [0.5, 0.6) is 11.5 Å². The average molecular weight is 346 g/mol. The first kappa shape index (κ1) is 16.1. The van der Waals surface area contributed by atoms with Gasteiger partial charge in [-0.3, -0.25) is 9.78 Å². The Hall–Kier alpha value is -3.34. The summed E-state index contributed by atoms with van der Waals surface area (Å²) >= 11 is 0. The van der Waals surface area contributed by atoms with Crippen molar-refractivity contribution in [2.75, 3.05) is 6.61 Å². The molecule has 1 aromatic heterocycles. The van der Waals surface area contributed by atoms with Gasteiger partial charge in [0, 0.05) is 6.20 Å². The maximum atomic E-state index is 12.8. The molecule has 5 heteroatoms. The molecule has 0 bridgehead atoms. The van der Waals surface area contributed by atoms with E-state index in [0.717, 1.165) is 11.3 Å². The third-order valence-corrected chi connectivity index (χ3v) is 4.20. The number of benzene rings is 2. The highest BCUT2D eigenvalue weighted by Crippen LogP contribution is 2.31. The Morgan fingerprint density at radius 1 is 0.962 bits per heavy atom. The lowest BCUT2D eigenvalue weighted by Gasteiger charge is -2.27. The number of fused-ring (bicyclic) bond motifs is 1. The fourth-order valence-electron chi connectivity index (χ4n) is 2.90. The molecule has 0 radical (unpaired) electrons. The number of carbonyl (C=O) groups is 1. The van der Waals surface area contributed by atoms with Crippen molar-refractivity contribution in [2.45, 2.75) is 12.1 Å². The zero-order chi connectivity index (χ0) is 17.8. The number of pyridine rings is 1. The number of hydrogen-bond donors (Lipinski definition) is 1. The zero-order valence-electron chi connectivity index (χ0n) is 14.0. The first-order chi connectivity index (χ1) is 12.8. The minimum absolute atomic E-state index is 0.173. The number of hydrogen-bond acceptors (Lipinski definition) is 4. The van der Waals surface area contributed by atoms with E-state index >= 15 is 0 Å². The van der Waals surface area contributed by atoms with Gasteiger partial charge in [0.2, 0.25) is 6.10 Å². The summed E-state index contributed by atoms with van der Waals surface area (Å²) in [5, 5.41) is 3.04. The lowest BCUT2D eigenvalue weighted by molar-refractivity contribution is -0.130. The standard InChI is InChI=1S/C21H18N2O3/c24-21(19-14-25-17-11-4-5-12-18(17)26-19)23-20(15-8-2-1-3-9-15)16-10-6-7-13-22-16/h1-13,19-20H,14H2,(H,23,24). The van der Waals surface area contributed by atoms with Crippen LogP contribution in [0.2, 0.25) is 0 Å². The molecular formula is C21H18N2O3. The van der Waals surface area contributed by atoms with Gasteiger partial charge in [-0.25, -0.2) is 0 Å². The summed E-state index contributed by atoms with van der Waals surface area (Å²) < 4.78 is 11.5. The summed E-state index contributed by atoms with van der Waals surface area (Å²) in [5.41, 5.74) is 1.72. The summed E-state index contributed by atoms with van der Waals surface area (Å²) in [6.07, 6.45) is 1.01. The lowest BCUT2D eigenvalue weighted by Crippen LogP contribution is -2.45. The number of aromatic nitrogens is 1. The minimum Gasteiger partial charge on any atom is -0.485 e. The topological polar surface area (TPSA) is 60.5 Å². The molecular weight excluding hydrogens is 328 g/mol. The van der Waals surface area contributed by atoms with E-state index in [0.29, 0.717) is 11.5 Å². The Morgan fingerprint density at radius 2 is 1.69 bits per heavy atom. The van der Waals surface area contributed by atoms with Crippen molar-refractivity contribution in [2.24, 2.45) is 0 Å². The Bertz CT molecular complexity index is 845. The van der Waals surface area contributed by atoms with Crippen LogP contribution in [-0.4, -0.2) is 23.6 Å². The molecule has 130 valence electrons. The third kappa shape index (κ3) is 3.37. The Morgan fingerprint density at radius 3 is 2.46 bits per heavy atom. The number of carbonyl (C=O) groups excluding carboxylic acids is 1. The lowest BCUT2D eigenvalue weighted by atomic mass is 10.0. The maximum Gasteiger partial charge on any atom is 0.265 e. The normalized spacial score (nSPS) is 16.5. The first-order valence-corrected chi connectivity index (χ1v) is 8.46. The number of nitrogens with zero attached hydrogens (tertiary/aromatic N) is 1. The van der Waals surface area contributed by atoms with Gasteiger partial charge in [-0.1, -0.05) is 48.5 Å². The monoisotopic (exact) mass is 346 g/mol. The van der Waals surface area contributed by atoms with Gasteiger partial charge in [0.25, 0.3) is 5.91 Å². The second-order valence-corrected chi connectivity index (χ2v) is 5.97. The summed E-state index contributed by atoms with van der Waals surface area (Å²) in [7, 11) is 0. The molecule has 1 aliphatic rings. The van der Waals surface area contributed by atoms with Crippen molar-refractivity contribution < 1.29 is 14.3 Å². The van der Waals surface area contributed by atoms with Crippen LogP contribution < -0.4 is 14.8 Å². The van der Waals surface area contributed by atoms with Gasteiger partial charge in [0.05, 0.1) is 11.7 Å². The van der Waals surface area contributed by atoms with E-state index in [1.54, 1.807) is 12.3 Å². The number of para-hydroxylation sites is 2. The molecule has 2 unspecified atom stereocenters. The van der Waals surface area contributed by atoms with Crippen molar-refractivity contribution >= 4 is 5.91 Å². The molecule has 0 saturated heterocycles. The highest BCUT2D eigenvalue weighted by molar-refractivity contribution is 5.82. The largest absolute Gasteiger partial charge is 0.485 e. The van der Waals surface area contributed by atoms with Gasteiger partial charge < -0.3 is 14.8 Å². The van der Waals surface area contributed by atoms with Crippen molar-refractivity contribution in [1.29, 1.82) is 0 Å². The molecule has 1 N–H and O–H groups in total. The van der Waals surface area contributed by atoms with Crippen molar-refractivity contribution in [1.82, 2.24) is 10.3 Å². The van der Waals surface area contributed by atoms with Crippen molar-refractivity contribution in [3.63, 3.8) is 0 Å². The molecule has 0 fully saturated rings. The number of amides is 1. The minimum atomic E-state index is -0.708. The maximum absolute atomic E-state index is 12.8. The molecule has 0 aliphatic carbocycles. The van der Waals surface area contributed by atoms with Crippen molar-refractivity contribution in [3.8, 4) is 11.5 Å². The van der Waals surface area contributed by atoms with Crippen LogP contribution >= 0.6 is 0 Å². The fraction of sp³-hybridized carbons (Fsp3) is 0.143. The van der Waals surface area contributed by atoms with E-state index in [1.807, 2.05) is 66.7 Å². The van der Waals surface area contributed by atoms with E-state index in [-0.39, 0.29) is 18.6 Å². The van der Waals surface area contributed by atoms with Gasteiger partial charge in [0.1, 0.15) is 6.61 Å². The molecule has 4 rings (SSSR count). The zero-order valence-corrected chi connectivity index (χ0v) is 14.0. The van der Waals surface area contributed by atoms with E-state index in [2.05, 4.69) is 10.3 Å². The molecule has 2 atom stereocenters. The molecule has 0 saturated carbocycles. The average Bonchev–Trinajstić information content (AvgIpc) is 2.72. The highest BCUT2D eigenvalue weighted by Gasteiger charge is 2.29. The predicted molar refractivity (Wildman–Crippen MR) is 97.0 cm³/mol. The van der Waals surface area contributed by atoms with E-state index in [9.17, 15) is 4.79 Å². The predicted octanol–water partition coefficient (Wildman–Crippen LogP) is 3.13. The van der Waals surface area contributed by atoms with Crippen LogP contribution in [0.1, 0.15) is 17.3 Å². The molecule has 2 heterocycles. The van der Waals surface area contributed by atoms with Crippen molar-refractivity contribution in [3.05, 3.63) is 90.3 Å². The van der Waals surface area contributed by atoms with E-state index < -0.39 is 6.10 Å². The van der Waals surface area contributed by atoms with Gasteiger partial charge in [-0.15, -0.1) is 0 Å². The molecule has 1 amide bonds. The SMILES string of the molecule is O=C(NC(c1ccccc1)c1ccccn1)C1COc2ccccc2O1. The molecule has 3 aromatic rings. The Balaban J connectivity index is 1.56. The summed E-state index contributed by atoms with van der Waals surface area (Å²) in [6.45, 7) is 0.173. The van der Waals surface area contributed by atoms with Gasteiger partial charge in [0.15, 0.2) is 11.5 Å². The number of nitrogens with one attached hydrogen (secondary N) is 1. The first-order valence-electron chi connectivity index (χ1n) is 8.46. The van der Waals surface area contributed by atoms with Crippen LogP contribution in [0.3, 0.4) is 0 Å². The van der Waals surface area contributed by atoms with Gasteiger partial charge in [-0.2, -0.15) is 0 Å². The summed E-state index contributed by atoms with van der Waals surface area (Å²) in [4.78, 5) is 17.2. The number of rotatable bonds is 4. The second-order valence-electron chi connectivity index (χ2n) is 5.97. The van der Waals surface area contributed by atoms with Crippen LogP contribution in [-0.2, 0) is 4.79 Å². The summed E-state index contributed by atoms with van der Waals surface area (Å²) in [6, 6.07) is 22.4. The Labute approximate surface area is 151 Å². The third-order valence-electron chi connectivity index (χ3n) is 4.20. The molecule has 26 heavy (non-hydrogen) atoms. The smallest absolute Gasteiger partial charge is 0.265 e. The second kappa shape index (κ2) is 7.27. The number of ether oxygens (including phenoxy) is 2. The molecule has 2 aromatic carbocycles. The quantitative estimate of drug-likeness (QED) is 0.788. The van der Waals surface area contributed by atoms with Gasteiger partial charge in [-0.05, 0) is 29.8 Å². The van der Waals surface area contributed by atoms with Crippen LogP contribution in [0.25, 0.3) is 0 Å². The molecule has 1 aliphatic heterocycles. The van der Waals surface area contributed by atoms with Crippen LogP contribution in [0.4, 0.5) is 0 Å². The van der Waals surface area contributed by atoms with E-state index in [1.165, 1.54) is 0 Å². The van der Waals surface area contributed by atoms with Gasteiger partial charge >= 0.3 is 0 Å². The summed E-state index contributed by atoms with van der Waals surface area (Å²) in [5.74, 6) is 0.993. The van der Waals surface area contributed by atoms with Crippen LogP contribution in [0.15, 0.2) is 79.0 Å². The van der Waals surface area contributed by atoms with E-state index in [4.69, 9.17) is 9.47 Å². The Kier molecular flexibility index (Phi) is 4.51. The van der Waals surface area contributed by atoms with Crippen LogP contribution in [0, 0.1) is 0 Å². The fourth-order valence-corrected chi connectivity index (χ4v) is 2.90.